The van der Waals surface area contributed by atoms with Crippen LogP contribution >= 0.6 is 0 Å². The van der Waals surface area contributed by atoms with E-state index < -0.39 is 5.69 Å². The van der Waals surface area contributed by atoms with E-state index in [-0.39, 0.29) is 24.1 Å². The normalized spacial score (nSPS) is 16.8. The van der Waals surface area contributed by atoms with E-state index >= 15 is 0 Å². The molecular formula is C19H23N3O3. The number of amides is 1. The first-order valence-corrected chi connectivity index (χ1v) is 8.56. The third-order valence-corrected chi connectivity index (χ3v) is 4.90. The molecule has 0 saturated heterocycles. The minimum Gasteiger partial charge on any atom is -0.307 e. The highest BCUT2D eigenvalue weighted by molar-refractivity contribution is 5.95. The third-order valence-electron chi connectivity index (χ3n) is 4.90. The number of hydrogen-bond donors (Lipinski definition) is 0. The first-order valence-electron chi connectivity index (χ1n) is 8.56. The van der Waals surface area contributed by atoms with Crippen LogP contribution in [-0.2, 0) is 24.8 Å². The van der Waals surface area contributed by atoms with Crippen molar-refractivity contribution in [2.75, 3.05) is 4.90 Å². The number of nitrogens with zero attached hydrogens (tertiary/aromatic N) is 3. The number of fused-ring (bicyclic) bond motifs is 1. The van der Waals surface area contributed by atoms with E-state index in [2.05, 4.69) is 13.8 Å². The molecule has 1 aromatic heterocycles. The van der Waals surface area contributed by atoms with Crippen LogP contribution < -0.4 is 16.1 Å². The van der Waals surface area contributed by atoms with Crippen molar-refractivity contribution in [2.45, 2.75) is 39.3 Å². The molecule has 3 rings (SSSR count). The van der Waals surface area contributed by atoms with Gasteiger partial charge in [-0.25, -0.2) is 4.79 Å². The van der Waals surface area contributed by atoms with Crippen molar-refractivity contribution in [1.82, 2.24) is 9.13 Å². The van der Waals surface area contributed by atoms with Gasteiger partial charge in [0.25, 0.3) is 5.56 Å². The monoisotopic (exact) mass is 341 g/mol. The number of hydrogen-bond acceptors (Lipinski definition) is 3. The van der Waals surface area contributed by atoms with Crippen molar-refractivity contribution in [3.05, 3.63) is 62.9 Å². The summed E-state index contributed by atoms with van der Waals surface area (Å²) in [5, 5.41) is 0. The second-order valence-corrected chi connectivity index (χ2v) is 6.87. The molecule has 2 aromatic rings. The van der Waals surface area contributed by atoms with Gasteiger partial charge in [0.2, 0.25) is 5.91 Å². The van der Waals surface area contributed by atoms with Crippen molar-refractivity contribution in [3.63, 3.8) is 0 Å². The van der Waals surface area contributed by atoms with Crippen molar-refractivity contribution in [2.24, 2.45) is 13.0 Å². The van der Waals surface area contributed by atoms with Gasteiger partial charge in [-0.05, 0) is 30.4 Å². The van der Waals surface area contributed by atoms with Crippen LogP contribution in [-0.4, -0.2) is 21.1 Å². The molecule has 6 heteroatoms. The summed E-state index contributed by atoms with van der Waals surface area (Å²) in [6.45, 7) is 4.14. The standard InChI is InChI=1S/C19H23N3O3/c1-13(2)15-9-8-14-6-4-5-7-16(14)22(15)18(24)12-21-11-10-17(23)20(3)19(21)25/h4-7,10-11,13,15H,8-9,12H2,1-3H3/t15-/m0/s1. The number of aryl methyl sites for hydroxylation is 1. The van der Waals surface area contributed by atoms with Crippen LogP contribution in [0.5, 0.6) is 0 Å². The number of carbonyl (C=O) groups is 1. The highest BCUT2D eigenvalue weighted by atomic mass is 16.2. The van der Waals surface area contributed by atoms with Crippen LogP contribution in [0.3, 0.4) is 0 Å². The lowest BCUT2D eigenvalue weighted by atomic mass is 9.89. The highest BCUT2D eigenvalue weighted by Crippen LogP contribution is 2.33. The van der Waals surface area contributed by atoms with Gasteiger partial charge in [-0.3, -0.25) is 18.7 Å². The predicted molar refractivity (Wildman–Crippen MR) is 96.8 cm³/mol. The van der Waals surface area contributed by atoms with Crippen molar-refractivity contribution in [3.8, 4) is 0 Å². The second kappa shape index (κ2) is 6.70. The van der Waals surface area contributed by atoms with Crippen LogP contribution in [0.15, 0.2) is 46.1 Å². The van der Waals surface area contributed by atoms with E-state index in [4.69, 9.17) is 0 Å². The van der Waals surface area contributed by atoms with Gasteiger partial charge in [0.05, 0.1) is 0 Å². The van der Waals surface area contributed by atoms with E-state index in [1.807, 2.05) is 29.2 Å². The quantitative estimate of drug-likeness (QED) is 0.851. The molecule has 2 heterocycles. The fourth-order valence-corrected chi connectivity index (χ4v) is 3.48. The molecule has 25 heavy (non-hydrogen) atoms. The first-order chi connectivity index (χ1) is 11.9. The smallest absolute Gasteiger partial charge is 0.307 e. The molecule has 1 amide bonds. The van der Waals surface area contributed by atoms with Gasteiger partial charge in [0.15, 0.2) is 0 Å². The fraction of sp³-hybridized carbons (Fsp3) is 0.421. The molecule has 0 radical (unpaired) electrons. The van der Waals surface area contributed by atoms with Crippen LogP contribution in [0.25, 0.3) is 0 Å². The lowest BCUT2D eigenvalue weighted by molar-refractivity contribution is -0.120. The molecule has 6 nitrogen and oxygen atoms in total. The molecule has 1 aromatic carbocycles. The van der Waals surface area contributed by atoms with E-state index in [0.29, 0.717) is 5.92 Å². The van der Waals surface area contributed by atoms with E-state index in [1.54, 1.807) is 0 Å². The molecule has 1 aliphatic rings. The number of rotatable bonds is 3. The summed E-state index contributed by atoms with van der Waals surface area (Å²) in [7, 11) is 1.42. The molecule has 0 aliphatic carbocycles. The third kappa shape index (κ3) is 3.16. The number of carbonyl (C=O) groups excluding carboxylic acids is 1. The van der Waals surface area contributed by atoms with Gasteiger partial charge in [0, 0.05) is 31.0 Å². The number of para-hydroxylation sites is 1. The molecular weight excluding hydrogens is 318 g/mol. The average molecular weight is 341 g/mol. The predicted octanol–water partition coefficient (Wildman–Crippen LogP) is 1.55. The Labute approximate surface area is 146 Å². The number of anilines is 1. The van der Waals surface area contributed by atoms with Gasteiger partial charge in [0.1, 0.15) is 6.54 Å². The van der Waals surface area contributed by atoms with Crippen LogP contribution in [0.1, 0.15) is 25.8 Å². The Balaban J connectivity index is 1.98. The summed E-state index contributed by atoms with van der Waals surface area (Å²) in [5.41, 5.74) is 1.22. The van der Waals surface area contributed by atoms with Crippen molar-refractivity contribution < 1.29 is 4.79 Å². The number of aromatic nitrogens is 2. The minimum atomic E-state index is -0.479. The van der Waals surface area contributed by atoms with Crippen LogP contribution in [0.2, 0.25) is 0 Å². The maximum Gasteiger partial charge on any atom is 0.331 e. The van der Waals surface area contributed by atoms with Crippen molar-refractivity contribution in [1.29, 1.82) is 0 Å². The summed E-state index contributed by atoms with van der Waals surface area (Å²) < 4.78 is 2.30. The summed E-state index contributed by atoms with van der Waals surface area (Å²) in [6.07, 6.45) is 3.24. The lowest BCUT2D eigenvalue weighted by Crippen LogP contribution is -2.49. The Kier molecular flexibility index (Phi) is 4.61. The molecule has 0 spiro atoms. The Hall–Kier alpha value is -2.63. The van der Waals surface area contributed by atoms with E-state index in [0.717, 1.165) is 28.7 Å². The van der Waals surface area contributed by atoms with E-state index in [1.165, 1.54) is 23.9 Å². The fourth-order valence-electron chi connectivity index (χ4n) is 3.48. The molecule has 0 N–H and O–H groups in total. The maximum atomic E-state index is 13.1. The zero-order valence-electron chi connectivity index (χ0n) is 14.8. The Morgan fingerprint density at radius 1 is 1.20 bits per heavy atom. The Morgan fingerprint density at radius 2 is 1.92 bits per heavy atom. The SMILES string of the molecule is CC(C)[C@@H]1CCc2ccccc2N1C(=O)Cn1ccc(=O)n(C)c1=O. The molecule has 0 fully saturated rings. The van der Waals surface area contributed by atoms with Crippen LogP contribution in [0, 0.1) is 5.92 Å². The van der Waals surface area contributed by atoms with Gasteiger partial charge in [-0.2, -0.15) is 0 Å². The molecule has 132 valence electrons. The van der Waals surface area contributed by atoms with Gasteiger partial charge < -0.3 is 4.90 Å². The maximum absolute atomic E-state index is 13.1. The summed E-state index contributed by atoms with van der Waals surface area (Å²) in [4.78, 5) is 38.7. The Bertz CT molecular complexity index is 911. The zero-order chi connectivity index (χ0) is 18.1. The van der Waals surface area contributed by atoms with Crippen LogP contribution in [0.4, 0.5) is 5.69 Å². The van der Waals surface area contributed by atoms with Crippen molar-refractivity contribution >= 4 is 11.6 Å². The highest BCUT2D eigenvalue weighted by Gasteiger charge is 2.32. The van der Waals surface area contributed by atoms with Gasteiger partial charge in [-0.15, -0.1) is 0 Å². The molecule has 0 saturated carbocycles. The second-order valence-electron chi connectivity index (χ2n) is 6.87. The largest absolute Gasteiger partial charge is 0.331 e. The molecule has 0 unspecified atom stereocenters. The molecule has 0 bridgehead atoms. The zero-order valence-corrected chi connectivity index (χ0v) is 14.8. The molecule has 1 aliphatic heterocycles. The number of benzene rings is 1. The lowest BCUT2D eigenvalue weighted by Gasteiger charge is -2.39. The average Bonchev–Trinajstić information content (AvgIpc) is 2.61. The van der Waals surface area contributed by atoms with Gasteiger partial charge >= 0.3 is 5.69 Å². The first kappa shape index (κ1) is 17.2. The van der Waals surface area contributed by atoms with E-state index in [9.17, 15) is 14.4 Å². The summed E-state index contributed by atoms with van der Waals surface area (Å²) in [5.74, 6) is 0.181. The summed E-state index contributed by atoms with van der Waals surface area (Å²) >= 11 is 0. The topological polar surface area (TPSA) is 64.3 Å². The molecule has 1 atom stereocenters. The Morgan fingerprint density at radius 3 is 2.64 bits per heavy atom. The minimum absolute atomic E-state index is 0.0789. The van der Waals surface area contributed by atoms with Gasteiger partial charge in [-0.1, -0.05) is 32.0 Å². The summed E-state index contributed by atoms with van der Waals surface area (Å²) in [6, 6.07) is 9.33.